The van der Waals surface area contributed by atoms with Crippen LogP contribution in [-0.2, 0) is 20.6 Å². The fourth-order valence-corrected chi connectivity index (χ4v) is 3.47. The lowest BCUT2D eigenvalue weighted by atomic mass is 10.1. The Bertz CT molecular complexity index is 1290. The summed E-state index contributed by atoms with van der Waals surface area (Å²) in [5.74, 6) is 0.394. The monoisotopic (exact) mass is 395 g/mol. The molecule has 0 aliphatic carbocycles. The lowest BCUT2D eigenvalue weighted by molar-refractivity contribution is 0.573. The maximum atomic E-state index is 12.9. The Morgan fingerprint density at radius 1 is 0.964 bits per heavy atom. The second kappa shape index (κ2) is 7.05. The van der Waals surface area contributed by atoms with Crippen LogP contribution in [0.15, 0.2) is 68.6 Å². The van der Waals surface area contributed by atoms with E-state index < -0.39 is 11.2 Å². The van der Waals surface area contributed by atoms with Crippen molar-refractivity contribution in [3.63, 3.8) is 0 Å². The summed E-state index contributed by atoms with van der Waals surface area (Å²) < 4.78 is 8.35. The van der Waals surface area contributed by atoms with Gasteiger partial charge in [0.25, 0.3) is 5.56 Å². The minimum absolute atomic E-state index is 0.207. The normalized spacial score (nSPS) is 11.1. The predicted octanol–water partition coefficient (Wildman–Crippen LogP) is 3.76. The minimum atomic E-state index is -0.452. The molecule has 7 heteroatoms. The number of aromatic nitrogens is 2. The average molecular weight is 396 g/mol. The van der Waals surface area contributed by atoms with Crippen molar-refractivity contribution in [3.8, 4) is 11.1 Å². The minimum Gasteiger partial charge on any atom is -0.423 e. The van der Waals surface area contributed by atoms with Crippen LogP contribution in [0, 0.1) is 0 Å². The summed E-state index contributed by atoms with van der Waals surface area (Å²) in [6.07, 6.45) is 0. The Morgan fingerprint density at radius 3 is 2.36 bits per heavy atom. The highest BCUT2D eigenvalue weighted by Gasteiger charge is 2.24. The van der Waals surface area contributed by atoms with Gasteiger partial charge in [-0.1, -0.05) is 60.1 Å². The summed E-state index contributed by atoms with van der Waals surface area (Å²) in [5.41, 5.74) is 1.59. The Balaban J connectivity index is 1.98. The maximum absolute atomic E-state index is 12.9. The molecule has 2 heterocycles. The van der Waals surface area contributed by atoms with Crippen molar-refractivity contribution < 1.29 is 4.42 Å². The molecule has 0 saturated carbocycles. The molecule has 0 unspecified atom stereocenters. The fourth-order valence-electron chi connectivity index (χ4n) is 3.24. The Labute approximate surface area is 165 Å². The van der Waals surface area contributed by atoms with Gasteiger partial charge in [0.2, 0.25) is 11.6 Å². The molecule has 0 radical (unpaired) electrons. The summed E-state index contributed by atoms with van der Waals surface area (Å²) in [6.45, 7) is 0.492. The molecular formula is C21H18ClN3O3. The number of hydrogen-bond acceptors (Lipinski definition) is 4. The van der Waals surface area contributed by atoms with Crippen molar-refractivity contribution in [3.05, 3.63) is 86.0 Å². The third-order valence-electron chi connectivity index (χ3n) is 4.73. The van der Waals surface area contributed by atoms with E-state index in [1.54, 1.807) is 13.1 Å². The molecule has 1 N–H and O–H groups in total. The van der Waals surface area contributed by atoms with E-state index in [1.807, 2.05) is 48.5 Å². The number of aryl methyl sites for hydroxylation is 1. The number of nitrogens with one attached hydrogen (secondary N) is 1. The van der Waals surface area contributed by atoms with Crippen LogP contribution in [0.4, 0.5) is 5.88 Å². The second-order valence-electron chi connectivity index (χ2n) is 6.51. The molecule has 0 fully saturated rings. The molecule has 0 amide bonds. The van der Waals surface area contributed by atoms with Gasteiger partial charge in [0.1, 0.15) is 5.39 Å². The first-order chi connectivity index (χ1) is 13.5. The number of benzene rings is 2. The number of furan rings is 1. The number of anilines is 1. The number of hydrogen-bond donors (Lipinski definition) is 1. The van der Waals surface area contributed by atoms with E-state index >= 15 is 0 Å². The van der Waals surface area contributed by atoms with Gasteiger partial charge in [-0.05, 0) is 11.6 Å². The average Bonchev–Trinajstić information content (AvgIpc) is 3.10. The van der Waals surface area contributed by atoms with Crippen LogP contribution in [0.2, 0.25) is 5.02 Å². The molecule has 4 rings (SSSR count). The molecule has 0 saturated heterocycles. The van der Waals surface area contributed by atoms with Gasteiger partial charge in [-0.2, -0.15) is 0 Å². The number of nitrogens with zero attached hydrogens (tertiary/aromatic N) is 2. The predicted molar refractivity (Wildman–Crippen MR) is 111 cm³/mol. The van der Waals surface area contributed by atoms with E-state index in [2.05, 4.69) is 5.32 Å². The van der Waals surface area contributed by atoms with Crippen LogP contribution in [0.25, 0.3) is 22.2 Å². The topological polar surface area (TPSA) is 69.2 Å². The van der Waals surface area contributed by atoms with Gasteiger partial charge in [-0.15, -0.1) is 0 Å². The van der Waals surface area contributed by atoms with Gasteiger partial charge in [-0.25, -0.2) is 4.79 Å². The molecule has 142 valence electrons. The van der Waals surface area contributed by atoms with Crippen LogP contribution >= 0.6 is 11.6 Å². The molecule has 0 bridgehead atoms. The van der Waals surface area contributed by atoms with Crippen molar-refractivity contribution in [1.29, 1.82) is 0 Å². The molecule has 0 spiro atoms. The maximum Gasteiger partial charge on any atom is 0.333 e. The lowest BCUT2D eigenvalue weighted by Gasteiger charge is -2.08. The smallest absolute Gasteiger partial charge is 0.333 e. The molecule has 2 aromatic carbocycles. The molecule has 28 heavy (non-hydrogen) atoms. The molecule has 4 aromatic rings. The zero-order chi connectivity index (χ0) is 19.8. The van der Waals surface area contributed by atoms with Crippen LogP contribution < -0.4 is 16.6 Å². The number of rotatable bonds is 4. The Hall–Kier alpha value is -3.25. The van der Waals surface area contributed by atoms with Gasteiger partial charge in [0.05, 0.1) is 5.56 Å². The van der Waals surface area contributed by atoms with E-state index in [1.165, 1.54) is 11.6 Å². The first-order valence-electron chi connectivity index (χ1n) is 8.74. The summed E-state index contributed by atoms with van der Waals surface area (Å²) >= 11 is 6.42. The van der Waals surface area contributed by atoms with Crippen LogP contribution in [0.3, 0.4) is 0 Å². The third kappa shape index (κ3) is 2.92. The number of fused-ring (bicyclic) bond motifs is 1. The summed E-state index contributed by atoms with van der Waals surface area (Å²) in [7, 11) is 3.02. The van der Waals surface area contributed by atoms with E-state index in [0.717, 1.165) is 10.1 Å². The molecule has 0 atom stereocenters. The molecule has 0 aliphatic rings. The van der Waals surface area contributed by atoms with Gasteiger partial charge >= 0.3 is 5.69 Å². The van der Waals surface area contributed by atoms with Crippen molar-refractivity contribution in [2.24, 2.45) is 14.1 Å². The SMILES string of the molecule is Cn1c(=O)c2c(-c3ccccc3Cl)c(NCc3ccccc3)oc2n(C)c1=O. The highest BCUT2D eigenvalue weighted by molar-refractivity contribution is 6.34. The van der Waals surface area contributed by atoms with E-state index in [4.69, 9.17) is 16.0 Å². The van der Waals surface area contributed by atoms with E-state index in [-0.39, 0.29) is 5.71 Å². The van der Waals surface area contributed by atoms with Gasteiger partial charge in [-0.3, -0.25) is 13.9 Å². The van der Waals surface area contributed by atoms with E-state index in [0.29, 0.717) is 34.0 Å². The highest BCUT2D eigenvalue weighted by atomic mass is 35.5. The molecular weight excluding hydrogens is 378 g/mol. The summed E-state index contributed by atoms with van der Waals surface area (Å²) in [5, 5.41) is 4.05. The molecule has 0 aliphatic heterocycles. The highest BCUT2D eigenvalue weighted by Crippen LogP contribution is 2.39. The van der Waals surface area contributed by atoms with Crippen LogP contribution in [0.1, 0.15) is 5.56 Å². The van der Waals surface area contributed by atoms with Crippen LogP contribution in [-0.4, -0.2) is 9.13 Å². The lowest BCUT2D eigenvalue weighted by Crippen LogP contribution is -2.36. The molecule has 6 nitrogen and oxygen atoms in total. The summed E-state index contributed by atoms with van der Waals surface area (Å²) in [6, 6.07) is 17.0. The van der Waals surface area contributed by atoms with Gasteiger partial charge < -0.3 is 9.73 Å². The first-order valence-corrected chi connectivity index (χ1v) is 9.12. The number of halogens is 1. The van der Waals surface area contributed by atoms with Gasteiger partial charge in [0.15, 0.2) is 0 Å². The molecule has 2 aromatic heterocycles. The zero-order valence-electron chi connectivity index (χ0n) is 15.4. The quantitative estimate of drug-likeness (QED) is 0.571. The standard InChI is InChI=1S/C21H18ClN3O3/c1-24-19(26)17-16(14-10-6-7-11-15(14)22)18(28-20(17)25(2)21(24)27)23-12-13-8-4-3-5-9-13/h3-11,23H,12H2,1-2H3. The van der Waals surface area contributed by atoms with Crippen molar-refractivity contribution in [2.75, 3.05) is 5.32 Å². The third-order valence-corrected chi connectivity index (χ3v) is 5.06. The first kappa shape index (κ1) is 18.1. The second-order valence-corrected chi connectivity index (χ2v) is 6.92. The Kier molecular flexibility index (Phi) is 4.57. The van der Waals surface area contributed by atoms with Gasteiger partial charge in [0, 0.05) is 31.2 Å². The van der Waals surface area contributed by atoms with Crippen molar-refractivity contribution in [1.82, 2.24) is 9.13 Å². The van der Waals surface area contributed by atoms with Crippen LogP contribution in [0.5, 0.6) is 0 Å². The largest absolute Gasteiger partial charge is 0.423 e. The summed E-state index contributed by atoms with van der Waals surface area (Å²) in [4.78, 5) is 25.2. The fraction of sp³-hybridized carbons (Fsp3) is 0.143. The van der Waals surface area contributed by atoms with E-state index in [9.17, 15) is 9.59 Å². The van der Waals surface area contributed by atoms with Crippen molar-refractivity contribution >= 4 is 28.6 Å². The Morgan fingerprint density at radius 2 is 1.64 bits per heavy atom. The zero-order valence-corrected chi connectivity index (χ0v) is 16.2. The van der Waals surface area contributed by atoms with Crippen molar-refractivity contribution in [2.45, 2.75) is 6.54 Å².